The molecule has 1 aromatic carbocycles. The summed E-state index contributed by atoms with van der Waals surface area (Å²) in [7, 11) is 0. The first-order valence-corrected chi connectivity index (χ1v) is 7.43. The van der Waals surface area contributed by atoms with Crippen molar-refractivity contribution in [1.82, 2.24) is 5.32 Å². The van der Waals surface area contributed by atoms with Gasteiger partial charge in [-0.15, -0.1) is 0 Å². The highest BCUT2D eigenvalue weighted by molar-refractivity contribution is 9.10. The van der Waals surface area contributed by atoms with E-state index in [0.717, 1.165) is 36.7 Å². The Morgan fingerprint density at radius 2 is 1.78 bits per heavy atom. The number of halogens is 1. The Hall–Kier alpha value is -0.380. The Morgan fingerprint density at radius 1 is 1.11 bits per heavy atom. The monoisotopic (exact) mass is 313 g/mol. The second-order valence-corrected chi connectivity index (χ2v) is 6.31. The van der Waals surface area contributed by atoms with E-state index in [1.807, 2.05) is 0 Å². The van der Waals surface area contributed by atoms with E-state index in [1.54, 1.807) is 0 Å². The summed E-state index contributed by atoms with van der Waals surface area (Å²) in [6, 6.07) is 8.51. The smallest absolute Gasteiger partial charge is 0.0431 e. The zero-order valence-corrected chi connectivity index (χ0v) is 13.0. The summed E-state index contributed by atoms with van der Waals surface area (Å²) in [6.45, 7) is 5.80. The Labute approximate surface area is 119 Å². The summed E-state index contributed by atoms with van der Waals surface area (Å²) >= 11 is 3.46. The zero-order chi connectivity index (χ0) is 13.4. The second-order valence-electron chi connectivity index (χ2n) is 5.40. The fourth-order valence-corrected chi connectivity index (χ4v) is 2.28. The first-order chi connectivity index (χ1) is 8.53. The van der Waals surface area contributed by atoms with Crippen molar-refractivity contribution < 1.29 is 5.11 Å². The molecule has 1 aromatic rings. The van der Waals surface area contributed by atoms with Crippen LogP contribution in [0.25, 0.3) is 0 Å². The van der Waals surface area contributed by atoms with Crippen molar-refractivity contribution in [3.8, 4) is 0 Å². The second kappa shape index (κ2) is 7.93. The van der Waals surface area contributed by atoms with Gasteiger partial charge in [-0.05, 0) is 63.8 Å². The van der Waals surface area contributed by atoms with Crippen LogP contribution >= 0.6 is 15.9 Å². The van der Waals surface area contributed by atoms with Crippen LogP contribution in [-0.2, 0) is 6.42 Å². The third-order valence-corrected chi connectivity index (χ3v) is 3.53. The summed E-state index contributed by atoms with van der Waals surface area (Å²) in [5.74, 6) is 0. The van der Waals surface area contributed by atoms with Gasteiger partial charge in [0.05, 0.1) is 0 Å². The van der Waals surface area contributed by atoms with Crippen molar-refractivity contribution in [3.63, 3.8) is 0 Å². The summed E-state index contributed by atoms with van der Waals surface area (Å²) in [6.07, 6.45) is 4.16. The molecule has 0 aliphatic heterocycles. The Kier molecular flexibility index (Phi) is 6.90. The highest BCUT2D eigenvalue weighted by atomic mass is 79.9. The lowest BCUT2D eigenvalue weighted by molar-refractivity contribution is 0.281. The van der Waals surface area contributed by atoms with Gasteiger partial charge in [0.15, 0.2) is 0 Å². The SMILES string of the molecule is CC(C)(Cc1ccc(Br)cc1)NCCCCCO. The number of hydrogen-bond donors (Lipinski definition) is 2. The molecule has 2 N–H and O–H groups in total. The summed E-state index contributed by atoms with van der Waals surface area (Å²) in [5, 5.41) is 12.3. The lowest BCUT2D eigenvalue weighted by Crippen LogP contribution is -2.41. The predicted molar refractivity (Wildman–Crippen MR) is 80.9 cm³/mol. The lowest BCUT2D eigenvalue weighted by atomic mass is 9.95. The van der Waals surface area contributed by atoms with Gasteiger partial charge in [0, 0.05) is 16.6 Å². The molecule has 0 atom stereocenters. The number of nitrogens with one attached hydrogen (secondary N) is 1. The van der Waals surface area contributed by atoms with E-state index in [4.69, 9.17) is 5.11 Å². The Bertz CT molecular complexity index is 335. The van der Waals surface area contributed by atoms with Crippen molar-refractivity contribution in [3.05, 3.63) is 34.3 Å². The van der Waals surface area contributed by atoms with Crippen molar-refractivity contribution in [2.24, 2.45) is 0 Å². The summed E-state index contributed by atoms with van der Waals surface area (Å²) in [5.41, 5.74) is 1.47. The van der Waals surface area contributed by atoms with Gasteiger partial charge in [0.1, 0.15) is 0 Å². The topological polar surface area (TPSA) is 32.3 Å². The van der Waals surface area contributed by atoms with Crippen molar-refractivity contribution >= 4 is 15.9 Å². The van der Waals surface area contributed by atoms with Crippen LogP contribution in [0.1, 0.15) is 38.7 Å². The van der Waals surface area contributed by atoms with Crippen LogP contribution in [0, 0.1) is 0 Å². The minimum atomic E-state index is 0.118. The average Bonchev–Trinajstić information content (AvgIpc) is 2.31. The Morgan fingerprint density at radius 3 is 2.39 bits per heavy atom. The standard InChI is InChI=1S/C15H24BrNO/c1-15(2,17-10-4-3-5-11-18)12-13-6-8-14(16)9-7-13/h6-9,17-18H,3-5,10-12H2,1-2H3. The maximum absolute atomic E-state index is 8.72. The molecule has 0 saturated carbocycles. The van der Waals surface area contributed by atoms with Crippen molar-refractivity contribution in [2.45, 2.75) is 45.1 Å². The number of aliphatic hydroxyl groups is 1. The van der Waals surface area contributed by atoms with Gasteiger partial charge in [-0.25, -0.2) is 0 Å². The van der Waals surface area contributed by atoms with Crippen LogP contribution in [0.2, 0.25) is 0 Å². The van der Waals surface area contributed by atoms with E-state index < -0.39 is 0 Å². The van der Waals surface area contributed by atoms with Gasteiger partial charge < -0.3 is 10.4 Å². The van der Waals surface area contributed by atoms with E-state index in [2.05, 4.69) is 59.4 Å². The van der Waals surface area contributed by atoms with Crippen LogP contribution in [-0.4, -0.2) is 23.8 Å². The van der Waals surface area contributed by atoms with Gasteiger partial charge >= 0.3 is 0 Å². The minimum absolute atomic E-state index is 0.118. The molecule has 2 nitrogen and oxygen atoms in total. The van der Waals surface area contributed by atoms with E-state index in [0.29, 0.717) is 6.61 Å². The Balaban J connectivity index is 2.32. The van der Waals surface area contributed by atoms with Crippen LogP contribution < -0.4 is 5.32 Å². The maximum Gasteiger partial charge on any atom is 0.0431 e. The molecular formula is C15H24BrNO. The van der Waals surface area contributed by atoms with E-state index in [1.165, 1.54) is 5.56 Å². The molecule has 0 fully saturated rings. The number of hydrogen-bond acceptors (Lipinski definition) is 2. The minimum Gasteiger partial charge on any atom is -0.396 e. The summed E-state index contributed by atoms with van der Waals surface area (Å²) < 4.78 is 1.13. The number of unbranched alkanes of at least 4 members (excludes halogenated alkanes) is 2. The first-order valence-electron chi connectivity index (χ1n) is 6.64. The molecule has 0 aromatic heterocycles. The fourth-order valence-electron chi connectivity index (χ4n) is 2.02. The summed E-state index contributed by atoms with van der Waals surface area (Å²) in [4.78, 5) is 0. The molecule has 0 heterocycles. The number of aliphatic hydroxyl groups excluding tert-OH is 1. The van der Waals surface area contributed by atoms with E-state index >= 15 is 0 Å². The van der Waals surface area contributed by atoms with Gasteiger partial charge in [-0.2, -0.15) is 0 Å². The molecule has 0 saturated heterocycles. The number of rotatable bonds is 8. The molecule has 102 valence electrons. The number of benzene rings is 1. The molecular weight excluding hydrogens is 290 g/mol. The van der Waals surface area contributed by atoms with Crippen LogP contribution in [0.15, 0.2) is 28.7 Å². The fraction of sp³-hybridized carbons (Fsp3) is 0.600. The molecule has 0 radical (unpaired) electrons. The molecule has 0 amide bonds. The van der Waals surface area contributed by atoms with Crippen LogP contribution in [0.5, 0.6) is 0 Å². The van der Waals surface area contributed by atoms with E-state index in [9.17, 15) is 0 Å². The van der Waals surface area contributed by atoms with Crippen LogP contribution in [0.4, 0.5) is 0 Å². The van der Waals surface area contributed by atoms with Crippen molar-refractivity contribution in [2.75, 3.05) is 13.2 Å². The van der Waals surface area contributed by atoms with Gasteiger partial charge in [-0.1, -0.05) is 28.1 Å². The predicted octanol–water partition coefficient (Wildman–Crippen LogP) is 3.52. The molecule has 0 aliphatic carbocycles. The van der Waals surface area contributed by atoms with Gasteiger partial charge in [0.2, 0.25) is 0 Å². The normalized spacial score (nSPS) is 11.8. The third-order valence-electron chi connectivity index (χ3n) is 3.00. The molecule has 0 spiro atoms. The van der Waals surface area contributed by atoms with Gasteiger partial charge in [0.25, 0.3) is 0 Å². The molecule has 0 aliphatic rings. The molecule has 3 heteroatoms. The molecule has 0 bridgehead atoms. The first kappa shape index (κ1) is 15.7. The molecule has 1 rings (SSSR count). The lowest BCUT2D eigenvalue weighted by Gasteiger charge is -2.26. The third kappa shape index (κ3) is 6.53. The van der Waals surface area contributed by atoms with Crippen LogP contribution in [0.3, 0.4) is 0 Å². The largest absolute Gasteiger partial charge is 0.396 e. The highest BCUT2D eigenvalue weighted by Crippen LogP contribution is 2.16. The quantitative estimate of drug-likeness (QED) is 0.720. The average molecular weight is 314 g/mol. The maximum atomic E-state index is 8.72. The molecule has 0 unspecified atom stereocenters. The van der Waals surface area contributed by atoms with E-state index in [-0.39, 0.29) is 5.54 Å². The van der Waals surface area contributed by atoms with Gasteiger partial charge in [-0.3, -0.25) is 0 Å². The van der Waals surface area contributed by atoms with Crippen molar-refractivity contribution in [1.29, 1.82) is 0 Å². The highest BCUT2D eigenvalue weighted by Gasteiger charge is 2.16. The zero-order valence-electron chi connectivity index (χ0n) is 11.4. The molecule has 18 heavy (non-hydrogen) atoms.